The van der Waals surface area contributed by atoms with Crippen molar-refractivity contribution in [1.82, 2.24) is 5.32 Å². The van der Waals surface area contributed by atoms with E-state index in [-0.39, 0.29) is 30.2 Å². The first-order chi connectivity index (χ1) is 6.03. The average Bonchev–Trinajstić information content (AvgIpc) is 2.08. The normalized spacial score (nSPS) is 25.7. The van der Waals surface area contributed by atoms with E-state index in [0.29, 0.717) is 12.8 Å². The van der Waals surface area contributed by atoms with Gasteiger partial charge in [-0.1, -0.05) is 0 Å². The standard InChI is InChI=1S/C8H17NO3S/c1-7(6-10)9-8-2-4-13(11,12)5-3-8/h7-10H,2-6H2,1H3/t7-/m1/s1. The van der Waals surface area contributed by atoms with Crippen molar-refractivity contribution in [3.05, 3.63) is 0 Å². The maximum atomic E-state index is 11.1. The zero-order valence-corrected chi connectivity index (χ0v) is 8.68. The molecule has 0 aromatic rings. The second kappa shape index (κ2) is 4.39. The monoisotopic (exact) mass is 207 g/mol. The minimum Gasteiger partial charge on any atom is -0.395 e. The van der Waals surface area contributed by atoms with E-state index in [0.717, 1.165) is 0 Å². The molecule has 0 bridgehead atoms. The van der Waals surface area contributed by atoms with Gasteiger partial charge in [0.25, 0.3) is 0 Å². The number of aliphatic hydroxyl groups is 1. The third-order valence-electron chi connectivity index (χ3n) is 2.35. The van der Waals surface area contributed by atoms with Crippen LogP contribution in [0.25, 0.3) is 0 Å². The molecular formula is C8H17NO3S. The predicted molar refractivity (Wildman–Crippen MR) is 51.4 cm³/mol. The van der Waals surface area contributed by atoms with Crippen molar-refractivity contribution in [2.24, 2.45) is 0 Å². The summed E-state index contributed by atoms with van der Waals surface area (Å²) in [6, 6.07) is 0.316. The number of nitrogens with one attached hydrogen (secondary N) is 1. The van der Waals surface area contributed by atoms with Gasteiger partial charge in [0.15, 0.2) is 0 Å². The van der Waals surface area contributed by atoms with Gasteiger partial charge >= 0.3 is 0 Å². The number of aliphatic hydroxyl groups excluding tert-OH is 1. The van der Waals surface area contributed by atoms with Crippen molar-refractivity contribution in [3.63, 3.8) is 0 Å². The highest BCUT2D eigenvalue weighted by atomic mass is 32.2. The van der Waals surface area contributed by atoms with Crippen molar-refractivity contribution in [3.8, 4) is 0 Å². The highest BCUT2D eigenvalue weighted by Crippen LogP contribution is 2.12. The third kappa shape index (κ3) is 3.62. The van der Waals surface area contributed by atoms with E-state index < -0.39 is 9.84 Å². The Hall–Kier alpha value is -0.130. The molecule has 78 valence electrons. The first kappa shape index (κ1) is 10.9. The van der Waals surface area contributed by atoms with Gasteiger partial charge in [0, 0.05) is 12.1 Å². The highest BCUT2D eigenvalue weighted by Gasteiger charge is 2.23. The molecule has 1 heterocycles. The molecule has 2 N–H and O–H groups in total. The van der Waals surface area contributed by atoms with E-state index >= 15 is 0 Å². The van der Waals surface area contributed by atoms with Gasteiger partial charge in [-0.15, -0.1) is 0 Å². The fourth-order valence-electron chi connectivity index (χ4n) is 1.51. The molecule has 0 aromatic heterocycles. The maximum Gasteiger partial charge on any atom is 0.150 e. The first-order valence-electron chi connectivity index (χ1n) is 4.61. The quantitative estimate of drug-likeness (QED) is 0.657. The molecule has 1 saturated heterocycles. The van der Waals surface area contributed by atoms with Crippen LogP contribution < -0.4 is 5.32 Å². The van der Waals surface area contributed by atoms with Gasteiger partial charge in [0.1, 0.15) is 9.84 Å². The van der Waals surface area contributed by atoms with E-state index in [1.165, 1.54) is 0 Å². The van der Waals surface area contributed by atoms with E-state index in [4.69, 9.17) is 5.11 Å². The zero-order chi connectivity index (χ0) is 9.90. The number of sulfone groups is 1. The Balaban J connectivity index is 2.33. The fraction of sp³-hybridized carbons (Fsp3) is 1.00. The Morgan fingerprint density at radius 2 is 2.00 bits per heavy atom. The molecule has 0 aliphatic carbocycles. The topological polar surface area (TPSA) is 66.4 Å². The second-order valence-electron chi connectivity index (χ2n) is 3.68. The van der Waals surface area contributed by atoms with E-state index in [1.54, 1.807) is 0 Å². The summed E-state index contributed by atoms with van der Waals surface area (Å²) in [6.07, 6.45) is 1.35. The van der Waals surface area contributed by atoms with Gasteiger partial charge in [0.2, 0.25) is 0 Å². The number of hydrogen-bond acceptors (Lipinski definition) is 4. The molecule has 0 amide bonds. The Labute approximate surface area is 79.3 Å². The molecule has 0 saturated carbocycles. The summed E-state index contributed by atoms with van der Waals surface area (Å²) < 4.78 is 22.1. The zero-order valence-electron chi connectivity index (χ0n) is 7.86. The lowest BCUT2D eigenvalue weighted by molar-refractivity contribution is 0.237. The van der Waals surface area contributed by atoms with Gasteiger partial charge < -0.3 is 10.4 Å². The van der Waals surface area contributed by atoms with Crippen LogP contribution in [0, 0.1) is 0 Å². The molecule has 1 fully saturated rings. The average molecular weight is 207 g/mol. The molecular weight excluding hydrogens is 190 g/mol. The second-order valence-corrected chi connectivity index (χ2v) is 5.98. The van der Waals surface area contributed by atoms with Gasteiger partial charge in [-0.2, -0.15) is 0 Å². The summed E-state index contributed by atoms with van der Waals surface area (Å²) in [5.74, 6) is 0.561. The number of hydrogen-bond donors (Lipinski definition) is 2. The molecule has 1 rings (SSSR count). The van der Waals surface area contributed by atoms with E-state index in [1.807, 2.05) is 6.92 Å². The van der Waals surface area contributed by atoms with Crippen LogP contribution in [-0.4, -0.2) is 43.7 Å². The smallest absolute Gasteiger partial charge is 0.150 e. The van der Waals surface area contributed by atoms with Crippen LogP contribution in [-0.2, 0) is 9.84 Å². The molecule has 1 aliphatic rings. The Morgan fingerprint density at radius 3 is 2.46 bits per heavy atom. The Kier molecular flexibility index (Phi) is 3.70. The van der Waals surface area contributed by atoms with E-state index in [2.05, 4.69) is 5.32 Å². The SMILES string of the molecule is C[C@H](CO)NC1CCS(=O)(=O)CC1. The molecule has 1 atom stereocenters. The Bertz CT molecular complexity index is 236. The van der Waals surface area contributed by atoms with Gasteiger partial charge in [-0.3, -0.25) is 0 Å². The Morgan fingerprint density at radius 1 is 1.46 bits per heavy atom. The molecule has 5 heteroatoms. The molecule has 4 nitrogen and oxygen atoms in total. The highest BCUT2D eigenvalue weighted by molar-refractivity contribution is 7.91. The third-order valence-corrected chi connectivity index (χ3v) is 4.06. The fourth-order valence-corrected chi connectivity index (χ4v) is 3.00. The largest absolute Gasteiger partial charge is 0.395 e. The summed E-state index contributed by atoms with van der Waals surface area (Å²) in [5.41, 5.74) is 0. The van der Waals surface area contributed by atoms with Crippen LogP contribution in [0.1, 0.15) is 19.8 Å². The summed E-state index contributed by atoms with van der Waals surface area (Å²) >= 11 is 0. The van der Waals surface area contributed by atoms with Crippen LogP contribution >= 0.6 is 0 Å². The van der Waals surface area contributed by atoms with Crippen LogP contribution in [0.4, 0.5) is 0 Å². The van der Waals surface area contributed by atoms with Crippen molar-refractivity contribution in [1.29, 1.82) is 0 Å². The number of rotatable bonds is 3. The van der Waals surface area contributed by atoms with Crippen LogP contribution in [0.3, 0.4) is 0 Å². The first-order valence-corrected chi connectivity index (χ1v) is 6.43. The van der Waals surface area contributed by atoms with Crippen molar-refractivity contribution in [2.45, 2.75) is 31.8 Å². The summed E-state index contributed by atoms with van der Waals surface area (Å²) in [6.45, 7) is 1.99. The van der Waals surface area contributed by atoms with Gasteiger partial charge in [-0.05, 0) is 19.8 Å². The minimum absolute atomic E-state index is 0.0609. The van der Waals surface area contributed by atoms with Gasteiger partial charge in [-0.25, -0.2) is 8.42 Å². The lowest BCUT2D eigenvalue weighted by Crippen LogP contribution is -2.43. The van der Waals surface area contributed by atoms with Crippen LogP contribution in [0.5, 0.6) is 0 Å². The molecule has 13 heavy (non-hydrogen) atoms. The molecule has 0 unspecified atom stereocenters. The molecule has 0 spiro atoms. The molecule has 0 aromatic carbocycles. The summed E-state index contributed by atoms with van der Waals surface area (Å²) in [4.78, 5) is 0. The van der Waals surface area contributed by atoms with Crippen molar-refractivity contribution in [2.75, 3.05) is 18.1 Å². The molecule has 0 radical (unpaired) electrons. The van der Waals surface area contributed by atoms with Gasteiger partial charge in [0.05, 0.1) is 18.1 Å². The van der Waals surface area contributed by atoms with Crippen molar-refractivity contribution < 1.29 is 13.5 Å². The predicted octanol–water partition coefficient (Wildman–Crippen LogP) is -0.466. The van der Waals surface area contributed by atoms with Crippen LogP contribution in [0.15, 0.2) is 0 Å². The van der Waals surface area contributed by atoms with E-state index in [9.17, 15) is 8.42 Å². The molecule has 1 aliphatic heterocycles. The minimum atomic E-state index is -2.76. The lowest BCUT2D eigenvalue weighted by Gasteiger charge is -2.25. The maximum absolute atomic E-state index is 11.1. The lowest BCUT2D eigenvalue weighted by atomic mass is 10.1. The summed E-state index contributed by atoms with van der Waals surface area (Å²) in [7, 11) is -2.76. The van der Waals surface area contributed by atoms with Crippen LogP contribution in [0.2, 0.25) is 0 Å². The van der Waals surface area contributed by atoms with Crippen molar-refractivity contribution >= 4 is 9.84 Å². The summed E-state index contributed by atoms with van der Waals surface area (Å²) in [5, 5.41) is 12.0.